The van der Waals surface area contributed by atoms with Gasteiger partial charge in [-0.25, -0.2) is 0 Å². The molecule has 18 heavy (non-hydrogen) atoms. The van der Waals surface area contributed by atoms with E-state index in [9.17, 15) is 4.79 Å². The van der Waals surface area contributed by atoms with Gasteiger partial charge in [-0.2, -0.15) is 0 Å². The Morgan fingerprint density at radius 3 is 2.83 bits per heavy atom. The van der Waals surface area contributed by atoms with E-state index in [-0.39, 0.29) is 11.3 Å². The summed E-state index contributed by atoms with van der Waals surface area (Å²) in [6, 6.07) is 0. The zero-order valence-corrected chi connectivity index (χ0v) is 11.6. The molecule has 0 radical (unpaired) electrons. The average molecular weight is 250 g/mol. The number of hydrogen-bond donors (Lipinski definition) is 2. The number of amides is 1. The molecule has 3 nitrogen and oxygen atoms in total. The van der Waals surface area contributed by atoms with E-state index in [1.165, 1.54) is 31.3 Å². The minimum Gasteiger partial charge on any atom is -0.355 e. The molecule has 1 aliphatic heterocycles. The number of carbonyl (C=O) groups is 1. The van der Waals surface area contributed by atoms with Crippen LogP contribution in [0.4, 0.5) is 0 Å². The number of allylic oxidation sites excluding steroid dienone is 1. The largest absolute Gasteiger partial charge is 0.355 e. The van der Waals surface area contributed by atoms with Crippen molar-refractivity contribution in [1.29, 1.82) is 0 Å². The van der Waals surface area contributed by atoms with Crippen LogP contribution in [0.5, 0.6) is 0 Å². The number of carbonyl (C=O) groups excluding carboxylic acids is 1. The highest BCUT2D eigenvalue weighted by Gasteiger charge is 2.34. The molecule has 0 aromatic heterocycles. The van der Waals surface area contributed by atoms with Gasteiger partial charge in [0.2, 0.25) is 5.91 Å². The van der Waals surface area contributed by atoms with E-state index in [4.69, 9.17) is 0 Å². The highest BCUT2D eigenvalue weighted by molar-refractivity contribution is 5.82. The van der Waals surface area contributed by atoms with Crippen molar-refractivity contribution in [3.05, 3.63) is 11.6 Å². The van der Waals surface area contributed by atoms with Crippen LogP contribution in [0.25, 0.3) is 0 Å². The van der Waals surface area contributed by atoms with Gasteiger partial charge in [-0.05, 0) is 58.0 Å². The Kier molecular flexibility index (Phi) is 4.81. The predicted octanol–water partition coefficient (Wildman–Crippen LogP) is 2.38. The van der Waals surface area contributed by atoms with E-state index in [2.05, 4.69) is 23.6 Å². The lowest BCUT2D eigenvalue weighted by atomic mass is 9.80. The lowest BCUT2D eigenvalue weighted by Crippen LogP contribution is -2.46. The molecule has 0 atom stereocenters. The van der Waals surface area contributed by atoms with Crippen LogP contribution in [0.3, 0.4) is 0 Å². The molecule has 0 saturated carbocycles. The highest BCUT2D eigenvalue weighted by Crippen LogP contribution is 2.28. The van der Waals surface area contributed by atoms with Gasteiger partial charge in [0.05, 0.1) is 0 Å². The van der Waals surface area contributed by atoms with E-state index in [1.807, 2.05) is 0 Å². The quantitative estimate of drug-likeness (QED) is 0.752. The molecule has 2 N–H and O–H groups in total. The summed E-state index contributed by atoms with van der Waals surface area (Å²) in [5, 5.41) is 6.45. The molecule has 2 rings (SSSR count). The molecule has 1 saturated heterocycles. The first-order valence-electron chi connectivity index (χ1n) is 7.38. The summed E-state index contributed by atoms with van der Waals surface area (Å²) in [4.78, 5) is 12.2. The first kappa shape index (κ1) is 13.6. The monoisotopic (exact) mass is 250 g/mol. The van der Waals surface area contributed by atoms with Gasteiger partial charge in [-0.15, -0.1) is 0 Å². The molecule has 2 aliphatic rings. The third-order valence-corrected chi connectivity index (χ3v) is 4.37. The Labute approximate surface area is 110 Å². The Hall–Kier alpha value is -0.830. The third-order valence-electron chi connectivity index (χ3n) is 4.37. The number of rotatable bonds is 4. The second kappa shape index (κ2) is 6.37. The molecule has 1 aliphatic carbocycles. The minimum atomic E-state index is -0.147. The van der Waals surface area contributed by atoms with Crippen molar-refractivity contribution in [2.45, 2.75) is 51.9 Å². The predicted molar refractivity (Wildman–Crippen MR) is 74.4 cm³/mol. The molecule has 0 aromatic rings. The van der Waals surface area contributed by atoms with Crippen molar-refractivity contribution in [2.24, 2.45) is 5.41 Å². The summed E-state index contributed by atoms with van der Waals surface area (Å²) >= 11 is 0. The summed E-state index contributed by atoms with van der Waals surface area (Å²) in [5.74, 6) is 0.250. The molecule has 1 amide bonds. The molecule has 102 valence electrons. The van der Waals surface area contributed by atoms with Crippen molar-refractivity contribution in [2.75, 3.05) is 19.6 Å². The van der Waals surface area contributed by atoms with Crippen LogP contribution in [0, 0.1) is 5.41 Å². The fourth-order valence-electron chi connectivity index (χ4n) is 2.89. The van der Waals surface area contributed by atoms with Crippen LogP contribution < -0.4 is 10.6 Å². The lowest BCUT2D eigenvalue weighted by molar-refractivity contribution is -0.131. The standard InChI is InChI=1S/C15H26N2O/c1-15(8-11-16-12-9-15)14(18)17-10-7-13-5-3-2-4-6-13/h5,16H,2-4,6-12H2,1H3,(H,17,18). The van der Waals surface area contributed by atoms with Crippen LogP contribution in [0.1, 0.15) is 51.9 Å². The van der Waals surface area contributed by atoms with E-state index in [0.717, 1.165) is 38.9 Å². The molecule has 1 fully saturated rings. The molecule has 0 aromatic carbocycles. The summed E-state index contributed by atoms with van der Waals surface area (Å²) in [6.45, 7) is 4.85. The first-order chi connectivity index (χ1) is 8.71. The van der Waals surface area contributed by atoms with Gasteiger partial charge in [0.25, 0.3) is 0 Å². The maximum Gasteiger partial charge on any atom is 0.226 e. The van der Waals surface area contributed by atoms with E-state index in [0.29, 0.717) is 0 Å². The number of hydrogen-bond acceptors (Lipinski definition) is 2. The normalized spacial score (nSPS) is 23.3. The number of nitrogens with one attached hydrogen (secondary N) is 2. The van der Waals surface area contributed by atoms with Gasteiger partial charge >= 0.3 is 0 Å². The van der Waals surface area contributed by atoms with Crippen molar-refractivity contribution < 1.29 is 4.79 Å². The Morgan fingerprint density at radius 1 is 1.39 bits per heavy atom. The van der Waals surface area contributed by atoms with Crippen molar-refractivity contribution in [3.63, 3.8) is 0 Å². The first-order valence-corrected chi connectivity index (χ1v) is 7.38. The summed E-state index contributed by atoms with van der Waals surface area (Å²) in [5.41, 5.74) is 1.39. The van der Waals surface area contributed by atoms with Crippen molar-refractivity contribution in [1.82, 2.24) is 10.6 Å². The fraction of sp³-hybridized carbons (Fsp3) is 0.800. The molecule has 0 unspecified atom stereocenters. The summed E-state index contributed by atoms with van der Waals surface area (Å²) in [6.07, 6.45) is 10.4. The van der Waals surface area contributed by atoms with Gasteiger partial charge in [0.1, 0.15) is 0 Å². The fourth-order valence-corrected chi connectivity index (χ4v) is 2.89. The number of piperidine rings is 1. The smallest absolute Gasteiger partial charge is 0.226 e. The zero-order chi connectivity index (χ0) is 12.8. The van der Waals surface area contributed by atoms with E-state index < -0.39 is 0 Å². The van der Waals surface area contributed by atoms with Gasteiger partial charge in [0.15, 0.2) is 0 Å². The van der Waals surface area contributed by atoms with Gasteiger partial charge in [-0.3, -0.25) is 4.79 Å². The van der Waals surface area contributed by atoms with Crippen LogP contribution in [-0.4, -0.2) is 25.5 Å². The Bertz CT molecular complexity index is 316. The lowest BCUT2D eigenvalue weighted by Gasteiger charge is -2.32. The molecule has 3 heteroatoms. The Morgan fingerprint density at radius 2 is 2.17 bits per heavy atom. The molecule has 0 bridgehead atoms. The SMILES string of the molecule is CC1(C(=O)NCCC2=CCCCC2)CCNCC1. The van der Waals surface area contributed by atoms with Gasteiger partial charge < -0.3 is 10.6 Å². The van der Waals surface area contributed by atoms with Gasteiger partial charge in [-0.1, -0.05) is 18.6 Å². The second-order valence-corrected chi connectivity index (χ2v) is 5.92. The van der Waals surface area contributed by atoms with Crippen LogP contribution in [-0.2, 0) is 4.79 Å². The van der Waals surface area contributed by atoms with Crippen LogP contribution in [0.2, 0.25) is 0 Å². The van der Waals surface area contributed by atoms with Gasteiger partial charge in [0, 0.05) is 12.0 Å². The van der Waals surface area contributed by atoms with Crippen LogP contribution in [0.15, 0.2) is 11.6 Å². The summed E-state index contributed by atoms with van der Waals surface area (Å²) in [7, 11) is 0. The summed E-state index contributed by atoms with van der Waals surface area (Å²) < 4.78 is 0. The topological polar surface area (TPSA) is 41.1 Å². The highest BCUT2D eigenvalue weighted by atomic mass is 16.2. The average Bonchev–Trinajstić information content (AvgIpc) is 2.41. The minimum absolute atomic E-state index is 0.147. The third kappa shape index (κ3) is 3.58. The molecular formula is C15H26N2O. The molecular weight excluding hydrogens is 224 g/mol. The van der Waals surface area contributed by atoms with Crippen molar-refractivity contribution >= 4 is 5.91 Å². The molecule has 0 spiro atoms. The maximum absolute atomic E-state index is 12.2. The van der Waals surface area contributed by atoms with Crippen molar-refractivity contribution in [3.8, 4) is 0 Å². The maximum atomic E-state index is 12.2. The zero-order valence-electron chi connectivity index (χ0n) is 11.6. The van der Waals surface area contributed by atoms with E-state index in [1.54, 1.807) is 0 Å². The van der Waals surface area contributed by atoms with E-state index >= 15 is 0 Å². The van der Waals surface area contributed by atoms with Crippen LogP contribution >= 0.6 is 0 Å². The molecule has 1 heterocycles. The second-order valence-electron chi connectivity index (χ2n) is 5.92. The Balaban J connectivity index is 1.72.